The largest absolute Gasteiger partial charge is 1.00 e. The molecular formula is C13H20ClNO2. The minimum atomic E-state index is -0.391. The minimum absolute atomic E-state index is 0. The summed E-state index contributed by atoms with van der Waals surface area (Å²) in [7, 11) is 0. The molecule has 4 heteroatoms. The van der Waals surface area contributed by atoms with E-state index in [9.17, 15) is 4.79 Å². The highest BCUT2D eigenvalue weighted by Gasteiger charge is 2.16. The van der Waals surface area contributed by atoms with Crippen LogP contribution in [-0.2, 0) is 16.1 Å². The van der Waals surface area contributed by atoms with E-state index in [1.54, 1.807) is 0 Å². The van der Waals surface area contributed by atoms with Gasteiger partial charge in [-0.1, -0.05) is 30.3 Å². The second-order valence-electron chi connectivity index (χ2n) is 4.77. The Bertz CT molecular complexity index is 333. The molecule has 0 atom stereocenters. The zero-order valence-corrected chi connectivity index (χ0v) is 11.3. The minimum Gasteiger partial charge on any atom is -1.00 e. The summed E-state index contributed by atoms with van der Waals surface area (Å²) in [6, 6.07) is 10.1. The van der Waals surface area contributed by atoms with Gasteiger partial charge in [-0.15, -0.1) is 0 Å². The Kier molecular flexibility index (Phi) is 6.85. The second-order valence-corrected chi connectivity index (χ2v) is 4.77. The number of benzene rings is 1. The van der Waals surface area contributed by atoms with Crippen LogP contribution in [0.5, 0.6) is 0 Å². The van der Waals surface area contributed by atoms with Crippen LogP contribution in [0.2, 0.25) is 0 Å². The molecule has 2 N–H and O–H groups in total. The summed E-state index contributed by atoms with van der Waals surface area (Å²) in [5.74, 6) is -0.163. The summed E-state index contributed by atoms with van der Waals surface area (Å²) in [5, 5.41) is 1.95. The lowest BCUT2D eigenvalue weighted by Crippen LogP contribution is -3.00. The third kappa shape index (κ3) is 7.77. The van der Waals surface area contributed by atoms with Crippen LogP contribution in [0.1, 0.15) is 26.3 Å². The van der Waals surface area contributed by atoms with Crippen molar-refractivity contribution in [3.8, 4) is 0 Å². The molecule has 0 spiro atoms. The molecule has 0 aliphatic rings. The van der Waals surface area contributed by atoms with Crippen LogP contribution in [0.15, 0.2) is 30.3 Å². The number of carbonyl (C=O) groups excluding carboxylic acids is 1. The fourth-order valence-electron chi connectivity index (χ4n) is 1.35. The van der Waals surface area contributed by atoms with Gasteiger partial charge in [-0.25, -0.2) is 4.79 Å². The van der Waals surface area contributed by atoms with Crippen molar-refractivity contribution in [1.82, 2.24) is 0 Å². The topological polar surface area (TPSA) is 42.9 Å². The molecule has 17 heavy (non-hydrogen) atoms. The van der Waals surface area contributed by atoms with Crippen LogP contribution < -0.4 is 17.7 Å². The standard InChI is InChI=1S/C13H19NO2.ClH/c1-13(2,3)16-12(15)10-14-9-11-7-5-4-6-8-11;/h4-8,14H,9-10H2,1-3H3;1H. The molecular weight excluding hydrogens is 238 g/mol. The van der Waals surface area contributed by atoms with Gasteiger partial charge in [0.15, 0.2) is 6.54 Å². The SMILES string of the molecule is CC(C)(C)OC(=O)C[NH2+]Cc1ccccc1.[Cl-]. The van der Waals surface area contributed by atoms with Crippen molar-refractivity contribution in [3.05, 3.63) is 35.9 Å². The van der Waals surface area contributed by atoms with Crippen LogP contribution in [0, 0.1) is 0 Å². The van der Waals surface area contributed by atoms with Gasteiger partial charge in [0, 0.05) is 5.56 Å². The average molecular weight is 258 g/mol. The van der Waals surface area contributed by atoms with Gasteiger partial charge in [-0.3, -0.25) is 0 Å². The zero-order valence-electron chi connectivity index (χ0n) is 10.6. The molecule has 1 rings (SSSR count). The summed E-state index contributed by atoms with van der Waals surface area (Å²) < 4.78 is 5.21. The van der Waals surface area contributed by atoms with Crippen LogP contribution >= 0.6 is 0 Å². The fraction of sp³-hybridized carbons (Fsp3) is 0.462. The van der Waals surface area contributed by atoms with Crippen LogP contribution in [0.3, 0.4) is 0 Å². The van der Waals surface area contributed by atoms with Gasteiger partial charge < -0.3 is 22.5 Å². The molecule has 0 aromatic heterocycles. The number of ether oxygens (including phenoxy) is 1. The van der Waals surface area contributed by atoms with Gasteiger partial charge in [0.25, 0.3) is 0 Å². The molecule has 0 unspecified atom stereocenters. The molecule has 0 saturated heterocycles. The summed E-state index contributed by atoms with van der Waals surface area (Å²) >= 11 is 0. The third-order valence-corrected chi connectivity index (χ3v) is 1.95. The molecule has 0 heterocycles. The number of quaternary nitrogens is 1. The monoisotopic (exact) mass is 257 g/mol. The summed E-state index contributed by atoms with van der Waals surface area (Å²) in [5.41, 5.74) is 0.823. The van der Waals surface area contributed by atoms with Crippen molar-refractivity contribution >= 4 is 5.97 Å². The van der Waals surface area contributed by atoms with E-state index in [0.717, 1.165) is 6.54 Å². The highest BCUT2D eigenvalue weighted by molar-refractivity contribution is 5.70. The predicted octanol–water partition coefficient (Wildman–Crippen LogP) is -1.90. The van der Waals surface area contributed by atoms with Crippen molar-refractivity contribution in [1.29, 1.82) is 0 Å². The van der Waals surface area contributed by atoms with Gasteiger partial charge in [0.2, 0.25) is 0 Å². The Balaban J connectivity index is 0.00000256. The number of carbonyl (C=O) groups is 1. The number of hydrogen-bond donors (Lipinski definition) is 1. The predicted molar refractivity (Wildman–Crippen MR) is 62.8 cm³/mol. The first kappa shape index (κ1) is 15.9. The lowest BCUT2D eigenvalue weighted by Gasteiger charge is -2.18. The van der Waals surface area contributed by atoms with Crippen molar-refractivity contribution < 1.29 is 27.3 Å². The number of esters is 1. The Morgan fingerprint density at radius 3 is 2.35 bits per heavy atom. The number of halogens is 1. The maximum atomic E-state index is 11.4. The quantitative estimate of drug-likeness (QED) is 0.640. The first-order valence-electron chi connectivity index (χ1n) is 5.55. The van der Waals surface area contributed by atoms with E-state index in [0.29, 0.717) is 6.54 Å². The Morgan fingerprint density at radius 2 is 1.82 bits per heavy atom. The molecule has 0 aliphatic carbocycles. The Morgan fingerprint density at radius 1 is 1.24 bits per heavy atom. The van der Waals surface area contributed by atoms with Gasteiger partial charge in [0.1, 0.15) is 12.1 Å². The van der Waals surface area contributed by atoms with E-state index < -0.39 is 5.60 Å². The van der Waals surface area contributed by atoms with Crippen LogP contribution in [0.4, 0.5) is 0 Å². The molecule has 96 valence electrons. The van der Waals surface area contributed by atoms with Crippen molar-refractivity contribution in [2.45, 2.75) is 32.9 Å². The van der Waals surface area contributed by atoms with Crippen LogP contribution in [-0.4, -0.2) is 18.1 Å². The lowest BCUT2D eigenvalue weighted by molar-refractivity contribution is -0.661. The summed E-state index contributed by atoms with van der Waals surface area (Å²) in [6.07, 6.45) is 0. The highest BCUT2D eigenvalue weighted by atomic mass is 35.5. The highest BCUT2D eigenvalue weighted by Crippen LogP contribution is 2.05. The van der Waals surface area contributed by atoms with Crippen molar-refractivity contribution in [3.63, 3.8) is 0 Å². The number of nitrogens with two attached hydrogens (primary N) is 1. The number of rotatable bonds is 4. The molecule has 3 nitrogen and oxygen atoms in total. The molecule has 0 amide bonds. The van der Waals surface area contributed by atoms with Crippen molar-refractivity contribution in [2.24, 2.45) is 0 Å². The molecule has 0 fully saturated rings. The van der Waals surface area contributed by atoms with Gasteiger partial charge in [0.05, 0.1) is 0 Å². The molecule has 0 bridgehead atoms. The van der Waals surface area contributed by atoms with E-state index in [4.69, 9.17) is 4.74 Å². The number of hydrogen-bond acceptors (Lipinski definition) is 2. The first-order chi connectivity index (χ1) is 7.47. The van der Waals surface area contributed by atoms with Crippen LogP contribution in [0.25, 0.3) is 0 Å². The molecule has 1 aromatic carbocycles. The fourth-order valence-corrected chi connectivity index (χ4v) is 1.35. The average Bonchev–Trinajstić information content (AvgIpc) is 2.16. The lowest BCUT2D eigenvalue weighted by atomic mass is 10.2. The zero-order chi connectivity index (χ0) is 12.0. The maximum absolute atomic E-state index is 11.4. The third-order valence-electron chi connectivity index (χ3n) is 1.95. The van der Waals surface area contributed by atoms with E-state index >= 15 is 0 Å². The van der Waals surface area contributed by atoms with E-state index in [2.05, 4.69) is 0 Å². The van der Waals surface area contributed by atoms with Gasteiger partial charge >= 0.3 is 5.97 Å². The molecule has 1 aromatic rings. The Hall–Kier alpha value is -1.06. The summed E-state index contributed by atoms with van der Waals surface area (Å²) in [6.45, 7) is 6.80. The normalized spacial score (nSPS) is 10.5. The van der Waals surface area contributed by atoms with Gasteiger partial charge in [-0.2, -0.15) is 0 Å². The molecule has 0 radical (unpaired) electrons. The van der Waals surface area contributed by atoms with E-state index in [-0.39, 0.29) is 18.4 Å². The van der Waals surface area contributed by atoms with E-state index in [1.165, 1.54) is 5.56 Å². The Labute approximate surface area is 109 Å². The second kappa shape index (κ2) is 7.30. The smallest absolute Gasteiger partial charge is 0.362 e. The first-order valence-corrected chi connectivity index (χ1v) is 5.55. The summed E-state index contributed by atoms with van der Waals surface area (Å²) in [4.78, 5) is 11.4. The van der Waals surface area contributed by atoms with E-state index in [1.807, 2.05) is 56.4 Å². The molecule has 0 saturated carbocycles. The molecule has 0 aliphatic heterocycles. The van der Waals surface area contributed by atoms with Gasteiger partial charge in [-0.05, 0) is 20.8 Å². The van der Waals surface area contributed by atoms with Crippen molar-refractivity contribution in [2.75, 3.05) is 6.54 Å². The maximum Gasteiger partial charge on any atom is 0.362 e.